The number of hydrogen-bond donors (Lipinski definition) is 5. The van der Waals surface area contributed by atoms with E-state index in [0.717, 1.165) is 6.07 Å². The van der Waals surface area contributed by atoms with Gasteiger partial charge in [-0.15, -0.1) is 0 Å². The Hall–Kier alpha value is -2.84. The average molecular weight is 514 g/mol. The van der Waals surface area contributed by atoms with Crippen molar-refractivity contribution in [3.63, 3.8) is 0 Å². The number of nitrogens with one attached hydrogen (secondary N) is 3. The molecule has 0 heterocycles. The minimum atomic E-state index is -4.67. The van der Waals surface area contributed by atoms with Crippen molar-refractivity contribution < 1.29 is 30.7 Å². The lowest BCUT2D eigenvalue weighted by molar-refractivity contribution is -0.114. The fourth-order valence-electron chi connectivity index (χ4n) is 2.76. The van der Waals surface area contributed by atoms with Gasteiger partial charge in [-0.25, -0.2) is 0 Å². The van der Waals surface area contributed by atoms with E-state index in [4.69, 9.17) is 12.2 Å². The van der Waals surface area contributed by atoms with Crippen molar-refractivity contribution in [1.82, 2.24) is 5.32 Å². The van der Waals surface area contributed by atoms with Crippen molar-refractivity contribution in [3.05, 3.63) is 47.5 Å². The highest BCUT2D eigenvalue weighted by atomic mass is 32.2. The maximum absolute atomic E-state index is 11.9. The molecule has 0 aromatic heterocycles. The van der Waals surface area contributed by atoms with E-state index >= 15 is 0 Å². The maximum Gasteiger partial charge on any atom is 0.295 e. The van der Waals surface area contributed by atoms with Crippen LogP contribution >= 0.6 is 12.2 Å². The molecule has 0 atom stereocenters. The third-order valence-corrected chi connectivity index (χ3v) is 6.06. The van der Waals surface area contributed by atoms with E-state index in [1.807, 2.05) is 13.8 Å². The van der Waals surface area contributed by atoms with Crippen LogP contribution < -0.4 is 16.0 Å². The van der Waals surface area contributed by atoms with Gasteiger partial charge in [-0.2, -0.15) is 16.8 Å². The zero-order chi connectivity index (χ0) is 25.0. The van der Waals surface area contributed by atoms with Crippen LogP contribution in [-0.2, 0) is 25.0 Å². The summed E-state index contributed by atoms with van der Waals surface area (Å²) in [4.78, 5) is 10.3. The topological polar surface area (TPSA) is 162 Å². The largest absolute Gasteiger partial charge is 0.360 e. The first-order chi connectivity index (χ1) is 15.2. The molecule has 0 bridgehead atoms. The van der Waals surface area contributed by atoms with Crippen LogP contribution in [0.3, 0.4) is 0 Å². The monoisotopic (exact) mass is 513 g/mol. The molecule has 33 heavy (non-hydrogen) atoms. The Bertz CT molecular complexity index is 1320. The summed E-state index contributed by atoms with van der Waals surface area (Å²) in [7, 11) is -9.31. The molecule has 2 rings (SSSR count). The minimum Gasteiger partial charge on any atom is -0.360 e. The van der Waals surface area contributed by atoms with Crippen LogP contribution in [-0.4, -0.2) is 43.0 Å². The average Bonchev–Trinajstić information content (AvgIpc) is 2.65. The molecule has 0 aliphatic carbocycles. The molecule has 0 spiro atoms. The van der Waals surface area contributed by atoms with E-state index < -0.39 is 35.9 Å². The van der Waals surface area contributed by atoms with Crippen LogP contribution in [0.5, 0.6) is 0 Å². The van der Waals surface area contributed by atoms with Gasteiger partial charge in [0.1, 0.15) is 9.79 Å². The zero-order valence-corrected chi connectivity index (χ0v) is 20.3. The molecule has 0 aliphatic heterocycles. The van der Waals surface area contributed by atoms with E-state index in [-0.39, 0.29) is 28.0 Å². The summed E-state index contributed by atoms with van der Waals surface area (Å²) in [6.45, 7) is 4.98. The van der Waals surface area contributed by atoms with Crippen LogP contribution in [0.25, 0.3) is 12.2 Å². The van der Waals surface area contributed by atoms with E-state index in [0.29, 0.717) is 5.69 Å². The number of benzene rings is 2. The summed E-state index contributed by atoms with van der Waals surface area (Å²) < 4.78 is 66.7. The third-order valence-electron chi connectivity index (χ3n) is 4.02. The second-order valence-electron chi connectivity index (χ2n) is 7.22. The predicted molar refractivity (Wildman–Crippen MR) is 130 cm³/mol. The SMILES string of the molecule is CC(=O)Nc1ccc(C=Cc2ccc(NC(=S)NC(C)C)cc2S(=O)(=O)O)c(S(=O)(=O)O)c1. The zero-order valence-electron chi connectivity index (χ0n) is 17.9. The van der Waals surface area contributed by atoms with Gasteiger partial charge < -0.3 is 16.0 Å². The molecule has 2 aromatic rings. The Morgan fingerprint density at radius 1 is 0.879 bits per heavy atom. The lowest BCUT2D eigenvalue weighted by Gasteiger charge is -2.14. The molecule has 178 valence electrons. The summed E-state index contributed by atoms with van der Waals surface area (Å²) in [5, 5.41) is 8.41. The van der Waals surface area contributed by atoms with Crippen LogP contribution in [0.2, 0.25) is 0 Å². The van der Waals surface area contributed by atoms with Gasteiger partial charge in [0.05, 0.1) is 0 Å². The molecular formula is C20H23N3O7S3. The normalized spacial score (nSPS) is 12.1. The van der Waals surface area contributed by atoms with Crippen molar-refractivity contribution in [1.29, 1.82) is 0 Å². The van der Waals surface area contributed by atoms with Crippen molar-refractivity contribution in [2.24, 2.45) is 0 Å². The molecular weight excluding hydrogens is 490 g/mol. The Morgan fingerprint density at radius 3 is 1.67 bits per heavy atom. The summed E-state index contributed by atoms with van der Waals surface area (Å²) in [5.74, 6) is -0.436. The number of anilines is 2. The van der Waals surface area contributed by atoms with Gasteiger partial charge in [-0.3, -0.25) is 13.9 Å². The molecule has 10 nitrogen and oxygen atoms in total. The Balaban J connectivity index is 2.48. The second kappa shape index (κ2) is 10.4. The molecule has 0 radical (unpaired) electrons. The number of hydrogen-bond acceptors (Lipinski definition) is 6. The minimum absolute atomic E-state index is 0.0254. The highest BCUT2D eigenvalue weighted by Crippen LogP contribution is 2.26. The first-order valence-corrected chi connectivity index (χ1v) is 12.7. The molecule has 0 unspecified atom stereocenters. The molecule has 1 amide bonds. The first-order valence-electron chi connectivity index (χ1n) is 9.43. The third kappa shape index (κ3) is 7.91. The van der Waals surface area contributed by atoms with Crippen molar-refractivity contribution in [2.45, 2.75) is 36.6 Å². The quantitative estimate of drug-likeness (QED) is 0.211. The van der Waals surface area contributed by atoms with E-state index in [9.17, 15) is 30.7 Å². The van der Waals surface area contributed by atoms with Crippen molar-refractivity contribution >= 4 is 67.0 Å². The van der Waals surface area contributed by atoms with Gasteiger partial charge in [0.25, 0.3) is 20.2 Å². The molecule has 2 aromatic carbocycles. The Kier molecular flexibility index (Phi) is 8.32. The molecule has 0 aliphatic rings. The number of amides is 1. The van der Waals surface area contributed by atoms with Crippen molar-refractivity contribution in [2.75, 3.05) is 10.6 Å². The highest BCUT2D eigenvalue weighted by molar-refractivity contribution is 7.86. The lowest BCUT2D eigenvalue weighted by Crippen LogP contribution is -2.33. The lowest BCUT2D eigenvalue weighted by atomic mass is 10.1. The van der Waals surface area contributed by atoms with Crippen LogP contribution in [0, 0.1) is 0 Å². The number of thiocarbonyl (C=S) groups is 1. The summed E-state index contributed by atoms with van der Waals surface area (Å²) >= 11 is 5.13. The molecule has 0 saturated carbocycles. The van der Waals surface area contributed by atoms with E-state index in [1.165, 1.54) is 49.4 Å². The van der Waals surface area contributed by atoms with Crippen molar-refractivity contribution in [3.8, 4) is 0 Å². The smallest absolute Gasteiger partial charge is 0.295 e. The molecule has 0 saturated heterocycles. The Labute approximate surface area is 197 Å². The fourth-order valence-corrected chi connectivity index (χ4v) is 4.53. The standard InChI is InChI=1S/C20H23N3O7S3/c1-12(2)21-20(31)23-17-9-7-15(19(11-17)33(28,29)30)5-4-14-6-8-16(22-13(3)24)10-18(14)32(25,26)27/h4-12H,1-3H3,(H,22,24)(H2,21,23,31)(H,25,26,27)(H,28,29,30). The summed E-state index contributed by atoms with van der Waals surface area (Å²) in [5.41, 5.74) is 0.527. The van der Waals surface area contributed by atoms with Gasteiger partial charge >= 0.3 is 0 Å². The van der Waals surface area contributed by atoms with E-state index in [2.05, 4.69) is 16.0 Å². The van der Waals surface area contributed by atoms with Gasteiger partial charge in [0.2, 0.25) is 5.91 Å². The fraction of sp³-hybridized carbons (Fsp3) is 0.200. The maximum atomic E-state index is 11.9. The second-order valence-corrected chi connectivity index (χ2v) is 10.4. The number of rotatable bonds is 7. The predicted octanol–water partition coefficient (Wildman–Crippen LogP) is 3.00. The Morgan fingerprint density at radius 2 is 1.30 bits per heavy atom. The summed E-state index contributed by atoms with van der Waals surface area (Å²) in [6, 6.07) is 7.93. The first kappa shape index (κ1) is 26.4. The van der Waals surface area contributed by atoms with Gasteiger partial charge in [-0.1, -0.05) is 24.3 Å². The van der Waals surface area contributed by atoms with Gasteiger partial charge in [-0.05, 0) is 61.5 Å². The van der Waals surface area contributed by atoms with Gasteiger partial charge in [0.15, 0.2) is 5.11 Å². The molecule has 0 fully saturated rings. The molecule has 5 N–H and O–H groups in total. The van der Waals surface area contributed by atoms with Crippen LogP contribution in [0.4, 0.5) is 11.4 Å². The number of carbonyl (C=O) groups is 1. The van der Waals surface area contributed by atoms with Crippen LogP contribution in [0.15, 0.2) is 46.2 Å². The highest BCUT2D eigenvalue weighted by Gasteiger charge is 2.18. The number of carbonyl (C=O) groups excluding carboxylic acids is 1. The van der Waals surface area contributed by atoms with E-state index in [1.54, 1.807) is 0 Å². The van der Waals surface area contributed by atoms with Gasteiger partial charge in [0, 0.05) is 24.3 Å². The summed E-state index contributed by atoms with van der Waals surface area (Å²) in [6.07, 6.45) is 2.52. The van der Waals surface area contributed by atoms with Crippen LogP contribution in [0.1, 0.15) is 31.9 Å². The molecule has 13 heteroatoms.